The Labute approximate surface area is 76.5 Å². The van der Waals surface area contributed by atoms with Crippen molar-refractivity contribution in [2.45, 2.75) is 31.7 Å². The third kappa shape index (κ3) is 5.19. The second-order valence-electron chi connectivity index (χ2n) is 3.06. The summed E-state index contributed by atoms with van der Waals surface area (Å²) in [7, 11) is 0. The van der Waals surface area contributed by atoms with Gasteiger partial charge in [-0.25, -0.2) is 0 Å². The molecule has 5 nitrogen and oxygen atoms in total. The smallest absolute Gasteiger partial charge is 0.306 e. The second kappa shape index (κ2) is 6.42. The van der Waals surface area contributed by atoms with Crippen LogP contribution >= 0.6 is 0 Å². The van der Waals surface area contributed by atoms with Gasteiger partial charge in [0.1, 0.15) is 0 Å². The lowest BCUT2D eigenvalue weighted by atomic mass is 9.87. The fourth-order valence-electron chi connectivity index (χ4n) is 1.37. The number of hydrogen-bond acceptors (Lipinski definition) is 3. The number of carbonyl (C=O) groups is 2. The van der Waals surface area contributed by atoms with Gasteiger partial charge in [0.05, 0.1) is 5.92 Å². The van der Waals surface area contributed by atoms with Gasteiger partial charge in [0, 0.05) is 6.04 Å². The third-order valence-corrected chi connectivity index (χ3v) is 2.12. The van der Waals surface area contributed by atoms with E-state index >= 15 is 0 Å². The topological polar surface area (TPSA) is 101 Å². The number of carboxylic acid groups (broad SMARTS) is 2. The van der Waals surface area contributed by atoms with Crippen LogP contribution in [-0.4, -0.2) is 28.7 Å². The second-order valence-corrected chi connectivity index (χ2v) is 3.06. The molecule has 0 heterocycles. The maximum atomic E-state index is 10.4. The molecule has 0 aliphatic heterocycles. The van der Waals surface area contributed by atoms with Gasteiger partial charge in [-0.2, -0.15) is 0 Å². The van der Waals surface area contributed by atoms with Gasteiger partial charge >= 0.3 is 5.97 Å². The van der Waals surface area contributed by atoms with Crippen molar-refractivity contribution < 1.29 is 19.8 Å². The summed E-state index contributed by atoms with van der Waals surface area (Å²) in [4.78, 5) is 18.8. The molecule has 1 rings (SSSR count). The first kappa shape index (κ1) is 11.9. The maximum Gasteiger partial charge on any atom is 0.306 e. The van der Waals surface area contributed by atoms with Crippen LogP contribution in [0.25, 0.3) is 0 Å². The van der Waals surface area contributed by atoms with Gasteiger partial charge < -0.3 is 15.9 Å². The zero-order valence-electron chi connectivity index (χ0n) is 7.35. The summed E-state index contributed by atoms with van der Waals surface area (Å²) in [6.45, 7) is -0.250. The Bertz CT molecular complexity index is 164. The van der Waals surface area contributed by atoms with Crippen molar-refractivity contribution in [3.63, 3.8) is 0 Å². The minimum atomic E-state index is -0.660. The zero-order chi connectivity index (χ0) is 10.3. The Morgan fingerprint density at radius 1 is 1.31 bits per heavy atom. The summed E-state index contributed by atoms with van der Waals surface area (Å²) >= 11 is 0. The van der Waals surface area contributed by atoms with Gasteiger partial charge in [0.2, 0.25) is 0 Å². The van der Waals surface area contributed by atoms with Crippen LogP contribution in [0.1, 0.15) is 25.7 Å². The molecular formula is C8H15NO4. The first-order chi connectivity index (χ1) is 6.11. The van der Waals surface area contributed by atoms with Crippen LogP contribution in [0.4, 0.5) is 0 Å². The molecule has 0 unspecified atom stereocenters. The molecule has 76 valence electrons. The van der Waals surface area contributed by atoms with Crippen molar-refractivity contribution in [2.75, 3.05) is 0 Å². The molecule has 0 aromatic carbocycles. The lowest BCUT2D eigenvalue weighted by molar-refractivity contribution is -0.142. The van der Waals surface area contributed by atoms with Crippen molar-refractivity contribution in [1.29, 1.82) is 0 Å². The SMILES string of the molecule is NC1CCC(C(=O)O)CC1.O=CO. The van der Waals surface area contributed by atoms with Gasteiger partial charge in [-0.05, 0) is 25.7 Å². The molecule has 0 aromatic heterocycles. The van der Waals surface area contributed by atoms with Gasteiger partial charge in [-0.3, -0.25) is 9.59 Å². The standard InChI is InChI=1S/C7H13NO2.CH2O2/c8-6-3-1-5(2-4-6)7(9)10;2-1-3/h5-6H,1-4,8H2,(H,9,10);1H,(H,2,3). The molecule has 1 fully saturated rings. The predicted molar refractivity (Wildman–Crippen MR) is 46.3 cm³/mol. The van der Waals surface area contributed by atoms with Crippen LogP contribution in [0.2, 0.25) is 0 Å². The van der Waals surface area contributed by atoms with E-state index in [0.29, 0.717) is 0 Å². The molecule has 1 aliphatic rings. The van der Waals surface area contributed by atoms with E-state index < -0.39 is 5.97 Å². The van der Waals surface area contributed by atoms with Crippen molar-refractivity contribution in [3.8, 4) is 0 Å². The number of nitrogens with two attached hydrogens (primary N) is 1. The Balaban J connectivity index is 0.000000424. The quantitative estimate of drug-likeness (QED) is 0.515. The lowest BCUT2D eigenvalue weighted by Gasteiger charge is -2.22. The Kier molecular flexibility index (Phi) is 5.88. The molecule has 0 radical (unpaired) electrons. The average Bonchev–Trinajstić information content (AvgIpc) is 2.06. The number of rotatable bonds is 1. The normalized spacial score (nSPS) is 26.8. The third-order valence-electron chi connectivity index (χ3n) is 2.12. The molecule has 0 atom stereocenters. The van der Waals surface area contributed by atoms with Gasteiger partial charge in [-0.15, -0.1) is 0 Å². The minimum Gasteiger partial charge on any atom is -0.483 e. The molecule has 0 amide bonds. The van der Waals surface area contributed by atoms with Crippen molar-refractivity contribution >= 4 is 12.4 Å². The summed E-state index contributed by atoms with van der Waals surface area (Å²) < 4.78 is 0. The van der Waals surface area contributed by atoms with E-state index in [4.69, 9.17) is 20.7 Å². The molecule has 1 saturated carbocycles. The van der Waals surface area contributed by atoms with Crippen LogP contribution in [-0.2, 0) is 9.59 Å². The average molecular weight is 189 g/mol. The largest absolute Gasteiger partial charge is 0.483 e. The molecule has 0 saturated heterocycles. The molecule has 0 bridgehead atoms. The summed E-state index contributed by atoms with van der Waals surface area (Å²) in [6.07, 6.45) is 3.26. The summed E-state index contributed by atoms with van der Waals surface area (Å²) in [5.41, 5.74) is 5.60. The van der Waals surface area contributed by atoms with E-state index in [0.717, 1.165) is 25.7 Å². The Morgan fingerprint density at radius 3 is 2.00 bits per heavy atom. The maximum absolute atomic E-state index is 10.4. The lowest BCUT2D eigenvalue weighted by Crippen LogP contribution is -2.29. The van der Waals surface area contributed by atoms with Crippen LogP contribution < -0.4 is 5.73 Å². The van der Waals surface area contributed by atoms with E-state index in [1.54, 1.807) is 0 Å². The molecular weight excluding hydrogens is 174 g/mol. The first-order valence-corrected chi connectivity index (χ1v) is 4.18. The highest BCUT2D eigenvalue weighted by molar-refractivity contribution is 5.70. The highest BCUT2D eigenvalue weighted by Crippen LogP contribution is 2.22. The van der Waals surface area contributed by atoms with E-state index in [1.807, 2.05) is 0 Å². The van der Waals surface area contributed by atoms with Crippen molar-refractivity contribution in [2.24, 2.45) is 11.7 Å². The fourth-order valence-corrected chi connectivity index (χ4v) is 1.37. The van der Waals surface area contributed by atoms with Crippen LogP contribution in [0.3, 0.4) is 0 Å². The molecule has 0 spiro atoms. The molecule has 1 aliphatic carbocycles. The van der Waals surface area contributed by atoms with Crippen LogP contribution in [0.15, 0.2) is 0 Å². The Morgan fingerprint density at radius 2 is 1.69 bits per heavy atom. The summed E-state index contributed by atoms with van der Waals surface area (Å²) in [5.74, 6) is -0.785. The summed E-state index contributed by atoms with van der Waals surface area (Å²) in [6, 6.07) is 0.246. The van der Waals surface area contributed by atoms with Gasteiger partial charge in [0.15, 0.2) is 0 Å². The highest BCUT2D eigenvalue weighted by atomic mass is 16.4. The van der Waals surface area contributed by atoms with E-state index in [1.165, 1.54) is 0 Å². The minimum absolute atomic E-state index is 0.125. The highest BCUT2D eigenvalue weighted by Gasteiger charge is 2.23. The first-order valence-electron chi connectivity index (χ1n) is 4.18. The van der Waals surface area contributed by atoms with Crippen molar-refractivity contribution in [3.05, 3.63) is 0 Å². The molecule has 13 heavy (non-hydrogen) atoms. The van der Waals surface area contributed by atoms with Crippen LogP contribution in [0, 0.1) is 5.92 Å². The molecule has 0 aromatic rings. The van der Waals surface area contributed by atoms with Gasteiger partial charge in [-0.1, -0.05) is 0 Å². The Hall–Kier alpha value is -1.10. The zero-order valence-corrected chi connectivity index (χ0v) is 7.35. The van der Waals surface area contributed by atoms with E-state index in [9.17, 15) is 4.79 Å². The van der Waals surface area contributed by atoms with Gasteiger partial charge in [0.25, 0.3) is 6.47 Å². The predicted octanol–water partition coefficient (Wildman–Crippen LogP) is 0.289. The van der Waals surface area contributed by atoms with E-state index in [-0.39, 0.29) is 18.4 Å². The van der Waals surface area contributed by atoms with Crippen molar-refractivity contribution in [1.82, 2.24) is 0 Å². The van der Waals surface area contributed by atoms with Crippen LogP contribution in [0.5, 0.6) is 0 Å². The summed E-state index contributed by atoms with van der Waals surface area (Å²) in [5, 5.41) is 15.5. The molecule has 5 heteroatoms. The monoisotopic (exact) mass is 189 g/mol. The number of carboxylic acids is 1. The number of hydrogen-bond donors (Lipinski definition) is 3. The van der Waals surface area contributed by atoms with E-state index in [2.05, 4.69) is 0 Å². The fraction of sp³-hybridized carbons (Fsp3) is 0.750. The number of aliphatic carboxylic acids is 1. The molecule has 4 N–H and O–H groups in total.